The number of carbonyl (C=O) groups excluding carboxylic acids is 1. The zero-order chi connectivity index (χ0) is 24.3. The summed E-state index contributed by atoms with van der Waals surface area (Å²) in [5.41, 5.74) is 0.525. The van der Waals surface area contributed by atoms with Gasteiger partial charge in [-0.1, -0.05) is 0 Å². The van der Waals surface area contributed by atoms with E-state index in [9.17, 15) is 17.6 Å². The van der Waals surface area contributed by atoms with Gasteiger partial charge < -0.3 is 10.1 Å². The van der Waals surface area contributed by atoms with Gasteiger partial charge in [-0.05, 0) is 79.6 Å². The molecule has 0 aliphatic carbocycles. The number of aryl methyl sites for hydroxylation is 1. The molecule has 12 heteroatoms. The zero-order valence-electron chi connectivity index (χ0n) is 18.8. The van der Waals surface area contributed by atoms with Crippen molar-refractivity contribution < 1.29 is 22.3 Å². The van der Waals surface area contributed by atoms with Crippen LogP contribution in [0.25, 0.3) is 5.69 Å². The van der Waals surface area contributed by atoms with E-state index in [4.69, 9.17) is 4.74 Å². The number of hydrogen-bond donors (Lipinski definition) is 1. The Morgan fingerprint density at radius 3 is 2.50 bits per heavy atom. The molecule has 10 nitrogen and oxygen atoms in total. The Morgan fingerprint density at radius 1 is 1.18 bits per heavy atom. The van der Waals surface area contributed by atoms with E-state index in [1.54, 1.807) is 19.1 Å². The molecule has 1 fully saturated rings. The minimum absolute atomic E-state index is 0.0156. The molecule has 0 atom stereocenters. The Morgan fingerprint density at radius 2 is 1.88 bits per heavy atom. The van der Waals surface area contributed by atoms with Crippen LogP contribution in [0.5, 0.6) is 5.75 Å². The lowest BCUT2D eigenvalue weighted by Crippen LogP contribution is -2.41. The molecule has 0 radical (unpaired) electrons. The maximum atomic E-state index is 14.4. The summed E-state index contributed by atoms with van der Waals surface area (Å²) in [4.78, 5) is 13.0. The van der Waals surface area contributed by atoms with Crippen molar-refractivity contribution in [1.29, 1.82) is 0 Å². The van der Waals surface area contributed by atoms with Gasteiger partial charge in [0.2, 0.25) is 15.9 Å². The highest BCUT2D eigenvalue weighted by atomic mass is 32.2. The number of carbonyl (C=O) groups is 1. The summed E-state index contributed by atoms with van der Waals surface area (Å²) < 4.78 is 48.4. The van der Waals surface area contributed by atoms with Gasteiger partial charge in [-0.25, -0.2) is 12.8 Å². The molecule has 2 heterocycles. The number of hydrogen-bond acceptors (Lipinski definition) is 7. The van der Waals surface area contributed by atoms with Gasteiger partial charge in [0, 0.05) is 19.0 Å². The summed E-state index contributed by atoms with van der Waals surface area (Å²) in [7, 11) is -3.68. The predicted octanol–water partition coefficient (Wildman–Crippen LogP) is 2.55. The van der Waals surface area contributed by atoms with Crippen molar-refractivity contribution in [2.75, 3.05) is 25.0 Å². The van der Waals surface area contributed by atoms with Gasteiger partial charge in [0.1, 0.15) is 11.6 Å². The van der Waals surface area contributed by atoms with E-state index < -0.39 is 21.8 Å². The van der Waals surface area contributed by atoms with Gasteiger partial charge in [-0.3, -0.25) is 4.79 Å². The van der Waals surface area contributed by atoms with Gasteiger partial charge in [-0.2, -0.15) is 8.99 Å². The Hall–Kier alpha value is -3.38. The third kappa shape index (κ3) is 4.92. The summed E-state index contributed by atoms with van der Waals surface area (Å²) in [6.45, 7) is 4.44. The van der Waals surface area contributed by atoms with Crippen LogP contribution in [-0.4, -0.2) is 58.5 Å². The molecule has 0 saturated carbocycles. The minimum Gasteiger partial charge on any atom is -0.494 e. The van der Waals surface area contributed by atoms with E-state index in [-0.39, 0.29) is 29.6 Å². The number of benzene rings is 2. The molecular formula is C22H25FN6O4S. The van der Waals surface area contributed by atoms with Crippen molar-refractivity contribution in [2.24, 2.45) is 5.92 Å². The van der Waals surface area contributed by atoms with Crippen LogP contribution in [0.2, 0.25) is 0 Å². The topological polar surface area (TPSA) is 119 Å². The molecule has 2 aromatic carbocycles. The second-order valence-corrected chi connectivity index (χ2v) is 9.81. The van der Waals surface area contributed by atoms with E-state index in [0.29, 0.717) is 36.7 Å². The highest BCUT2D eigenvalue weighted by Crippen LogP contribution is 2.27. The average molecular weight is 489 g/mol. The van der Waals surface area contributed by atoms with Crippen molar-refractivity contribution in [1.82, 2.24) is 24.5 Å². The molecule has 1 aliphatic rings. The molecule has 1 aromatic heterocycles. The molecule has 0 unspecified atom stereocenters. The number of anilines is 1. The number of ether oxygens (including phenoxy) is 1. The van der Waals surface area contributed by atoms with Crippen LogP contribution in [0, 0.1) is 18.7 Å². The van der Waals surface area contributed by atoms with Crippen molar-refractivity contribution in [3.8, 4) is 11.4 Å². The largest absolute Gasteiger partial charge is 0.494 e. The first-order valence-electron chi connectivity index (χ1n) is 10.9. The lowest BCUT2D eigenvalue weighted by molar-refractivity contribution is -0.120. The maximum Gasteiger partial charge on any atom is 0.243 e. The Bertz CT molecular complexity index is 1270. The molecule has 3 aromatic rings. The number of aromatic nitrogens is 4. The number of halogens is 1. The van der Waals surface area contributed by atoms with E-state index in [1.807, 2.05) is 6.92 Å². The highest BCUT2D eigenvalue weighted by Gasteiger charge is 2.32. The fraction of sp³-hybridized carbons (Fsp3) is 0.364. The second-order valence-electron chi connectivity index (χ2n) is 7.87. The molecule has 34 heavy (non-hydrogen) atoms. The molecule has 1 saturated heterocycles. The molecule has 4 rings (SSSR count). The van der Waals surface area contributed by atoms with E-state index >= 15 is 0 Å². The fourth-order valence-electron chi connectivity index (χ4n) is 3.83. The maximum absolute atomic E-state index is 14.4. The first-order chi connectivity index (χ1) is 16.3. The number of tetrazole rings is 1. The van der Waals surface area contributed by atoms with Gasteiger partial charge in [0.25, 0.3) is 0 Å². The highest BCUT2D eigenvalue weighted by molar-refractivity contribution is 7.89. The van der Waals surface area contributed by atoms with Crippen molar-refractivity contribution >= 4 is 21.6 Å². The number of sulfonamides is 1. The summed E-state index contributed by atoms with van der Waals surface area (Å²) >= 11 is 0. The first kappa shape index (κ1) is 23.8. The second kappa shape index (κ2) is 9.85. The molecule has 1 N–H and O–H groups in total. The number of nitrogens with one attached hydrogen (secondary N) is 1. The lowest BCUT2D eigenvalue weighted by atomic mass is 9.97. The van der Waals surface area contributed by atoms with Crippen LogP contribution in [0.4, 0.5) is 10.1 Å². The molecular weight excluding hydrogens is 463 g/mol. The molecule has 1 amide bonds. The molecule has 180 valence electrons. The first-order valence-corrected chi connectivity index (χ1v) is 12.3. The average Bonchev–Trinajstić information content (AvgIpc) is 3.27. The van der Waals surface area contributed by atoms with Crippen molar-refractivity contribution in [2.45, 2.75) is 31.6 Å². The van der Waals surface area contributed by atoms with Gasteiger partial charge in [-0.15, -0.1) is 5.10 Å². The predicted molar refractivity (Wildman–Crippen MR) is 122 cm³/mol. The van der Waals surface area contributed by atoms with Crippen LogP contribution >= 0.6 is 0 Å². The smallest absolute Gasteiger partial charge is 0.243 e. The number of nitrogens with zero attached hydrogens (tertiary/aromatic N) is 5. The summed E-state index contributed by atoms with van der Waals surface area (Å²) in [5, 5.41) is 13.8. The Balaban J connectivity index is 1.40. The summed E-state index contributed by atoms with van der Waals surface area (Å²) in [5.74, 6) is -0.265. The normalized spacial score (nSPS) is 15.3. The molecule has 1 aliphatic heterocycles. The third-order valence-corrected chi connectivity index (χ3v) is 7.59. The minimum atomic E-state index is -3.68. The summed E-state index contributed by atoms with van der Waals surface area (Å²) in [6.07, 6.45) is 0.658. The van der Waals surface area contributed by atoms with Gasteiger partial charge in [0.15, 0.2) is 5.82 Å². The standard InChI is InChI=1S/C22H25FN6O4S/c1-3-33-18-5-7-19(8-6-18)34(31,32)28-12-10-16(11-13-28)22(30)24-21-14-17(4-9-20(21)23)29-15(2)25-26-27-29/h4-9,14,16H,3,10-13H2,1-2H3,(H,24,30). The monoisotopic (exact) mass is 488 g/mol. The van der Waals surface area contributed by atoms with Crippen LogP contribution < -0.4 is 10.1 Å². The third-order valence-electron chi connectivity index (χ3n) is 5.68. The number of rotatable bonds is 7. The number of amides is 1. The SMILES string of the molecule is CCOc1ccc(S(=O)(=O)N2CCC(C(=O)Nc3cc(-n4nnnc4C)ccc3F)CC2)cc1. The Kier molecular flexibility index (Phi) is 6.89. The molecule has 0 bridgehead atoms. The fourth-order valence-corrected chi connectivity index (χ4v) is 5.30. The van der Waals surface area contributed by atoms with Crippen molar-refractivity contribution in [3.05, 3.63) is 54.1 Å². The van der Waals surface area contributed by atoms with E-state index in [2.05, 4.69) is 20.8 Å². The number of piperidine rings is 1. The van der Waals surface area contributed by atoms with E-state index in [1.165, 1.54) is 39.3 Å². The van der Waals surface area contributed by atoms with Gasteiger partial charge >= 0.3 is 0 Å². The van der Waals surface area contributed by atoms with Crippen LogP contribution in [0.1, 0.15) is 25.6 Å². The van der Waals surface area contributed by atoms with E-state index in [0.717, 1.165) is 0 Å². The Labute approximate surface area is 196 Å². The quantitative estimate of drug-likeness (QED) is 0.543. The zero-order valence-corrected chi connectivity index (χ0v) is 19.6. The van der Waals surface area contributed by atoms with Crippen LogP contribution in [-0.2, 0) is 14.8 Å². The molecule has 0 spiro atoms. The van der Waals surface area contributed by atoms with Crippen LogP contribution in [0.3, 0.4) is 0 Å². The van der Waals surface area contributed by atoms with Crippen molar-refractivity contribution in [3.63, 3.8) is 0 Å². The van der Waals surface area contributed by atoms with Crippen LogP contribution in [0.15, 0.2) is 47.4 Å². The van der Waals surface area contributed by atoms with Gasteiger partial charge in [0.05, 0.1) is 22.9 Å². The lowest BCUT2D eigenvalue weighted by Gasteiger charge is -2.30. The summed E-state index contributed by atoms with van der Waals surface area (Å²) in [6, 6.07) is 10.5.